The minimum absolute atomic E-state index is 0.0469. The number of carbonyl (C=O) groups is 2. The SMILES string of the molecule is CC(C)c1cc(F)cc(-c2ccncc2)c1CC(=O)NS(=O)(=O)c1ccn(C2CC2)n1.CC(C)c1cc(F)cc(-c2ccncc2)c1CC(=O)O.NS(=O)(=O)c1ccn(C2CC2)n1. The number of pyridine rings is 2. The van der Waals surface area contributed by atoms with Crippen LogP contribution in [-0.4, -0.2) is 63.3 Å². The molecular weight excluding hydrogens is 855 g/mol. The van der Waals surface area contributed by atoms with Crippen LogP contribution in [0.2, 0.25) is 0 Å². The first-order valence-corrected chi connectivity index (χ1v) is 23.2. The average molecular weight is 903 g/mol. The van der Waals surface area contributed by atoms with Crippen molar-refractivity contribution in [1.82, 2.24) is 34.3 Å². The molecule has 0 aliphatic heterocycles. The zero-order chi connectivity index (χ0) is 45.6. The maximum atomic E-state index is 14.3. The van der Waals surface area contributed by atoms with Crippen molar-refractivity contribution in [1.29, 1.82) is 0 Å². The predicted molar refractivity (Wildman–Crippen MR) is 230 cm³/mol. The van der Waals surface area contributed by atoms with Crippen molar-refractivity contribution in [2.24, 2.45) is 5.14 Å². The summed E-state index contributed by atoms with van der Waals surface area (Å²) in [5.74, 6) is -2.41. The average Bonchev–Trinajstić information content (AvgIpc) is 4.16. The lowest BCUT2D eigenvalue weighted by atomic mass is 9.88. The summed E-state index contributed by atoms with van der Waals surface area (Å²) < 4.78 is 80.4. The number of halogens is 2. The number of nitrogens with one attached hydrogen (secondary N) is 1. The van der Waals surface area contributed by atoms with Crippen molar-refractivity contribution in [3.05, 3.63) is 132 Å². The molecule has 2 fully saturated rings. The van der Waals surface area contributed by atoms with Gasteiger partial charge >= 0.3 is 5.97 Å². The Morgan fingerprint density at radius 3 is 1.49 bits per heavy atom. The minimum atomic E-state index is -4.10. The second kappa shape index (κ2) is 19.5. The Kier molecular flexibility index (Phi) is 14.3. The third kappa shape index (κ3) is 12.3. The summed E-state index contributed by atoms with van der Waals surface area (Å²) in [6.45, 7) is 7.65. The number of carboxylic acid groups (broad SMARTS) is 1. The van der Waals surface area contributed by atoms with Gasteiger partial charge < -0.3 is 5.11 Å². The molecule has 63 heavy (non-hydrogen) atoms. The molecule has 8 rings (SSSR count). The maximum Gasteiger partial charge on any atom is 0.307 e. The van der Waals surface area contributed by atoms with Crippen LogP contribution >= 0.6 is 0 Å². The number of rotatable bonds is 13. The number of hydrogen-bond donors (Lipinski definition) is 3. The molecule has 2 aliphatic carbocycles. The third-order valence-corrected chi connectivity index (χ3v) is 12.3. The van der Waals surface area contributed by atoms with E-state index in [-0.39, 0.29) is 46.6 Å². The number of carbonyl (C=O) groups excluding carboxylic acids is 1. The summed E-state index contributed by atoms with van der Waals surface area (Å²) in [5.41, 5.74) is 5.27. The van der Waals surface area contributed by atoms with Crippen LogP contribution in [0.1, 0.15) is 99.6 Å². The fourth-order valence-corrected chi connectivity index (χ4v) is 8.27. The molecule has 19 heteroatoms. The molecular formula is C44H48F2N8O7S2. The van der Waals surface area contributed by atoms with E-state index in [2.05, 4.69) is 24.9 Å². The van der Waals surface area contributed by atoms with E-state index in [1.807, 2.05) is 27.7 Å². The van der Waals surface area contributed by atoms with E-state index >= 15 is 0 Å². The molecule has 4 aromatic heterocycles. The fraction of sp³-hybridized carbons (Fsp3) is 0.318. The Labute approximate surface area is 364 Å². The summed E-state index contributed by atoms with van der Waals surface area (Å²) in [6.07, 6.45) is 13.4. The van der Waals surface area contributed by atoms with E-state index in [1.54, 1.807) is 70.8 Å². The van der Waals surface area contributed by atoms with Gasteiger partial charge in [0.1, 0.15) is 11.6 Å². The number of sulfonamides is 2. The summed E-state index contributed by atoms with van der Waals surface area (Å²) in [5, 5.41) is 21.7. The molecule has 0 radical (unpaired) electrons. The van der Waals surface area contributed by atoms with Crippen LogP contribution in [0.4, 0.5) is 8.78 Å². The molecule has 6 aromatic rings. The summed E-state index contributed by atoms with van der Waals surface area (Å²) in [7, 11) is -7.72. The van der Waals surface area contributed by atoms with Crippen LogP contribution < -0.4 is 9.86 Å². The van der Waals surface area contributed by atoms with Crippen LogP contribution in [0.25, 0.3) is 22.3 Å². The number of nitrogens with zero attached hydrogens (tertiary/aromatic N) is 6. The molecule has 0 atom stereocenters. The van der Waals surface area contributed by atoms with E-state index in [0.717, 1.165) is 36.8 Å². The van der Waals surface area contributed by atoms with Gasteiger partial charge in [-0.2, -0.15) is 18.6 Å². The molecule has 0 unspecified atom stereocenters. The Hall–Kier alpha value is -6.18. The van der Waals surface area contributed by atoms with Gasteiger partial charge in [-0.3, -0.25) is 28.9 Å². The lowest BCUT2D eigenvalue weighted by Crippen LogP contribution is -2.32. The van der Waals surface area contributed by atoms with Gasteiger partial charge in [0.15, 0.2) is 10.1 Å². The lowest BCUT2D eigenvalue weighted by Gasteiger charge is -2.18. The first-order chi connectivity index (χ1) is 29.8. The highest BCUT2D eigenvalue weighted by atomic mass is 32.2. The lowest BCUT2D eigenvalue weighted by molar-refractivity contribution is -0.136. The monoisotopic (exact) mass is 902 g/mol. The van der Waals surface area contributed by atoms with Gasteiger partial charge in [-0.1, -0.05) is 27.7 Å². The highest BCUT2D eigenvalue weighted by Crippen LogP contribution is 2.36. The van der Waals surface area contributed by atoms with Crippen LogP contribution in [0.3, 0.4) is 0 Å². The smallest absolute Gasteiger partial charge is 0.307 e. The van der Waals surface area contributed by atoms with Crippen molar-refractivity contribution in [2.45, 2.75) is 100 Å². The van der Waals surface area contributed by atoms with Crippen molar-refractivity contribution in [3.8, 4) is 22.3 Å². The van der Waals surface area contributed by atoms with Gasteiger partial charge in [0.25, 0.3) is 20.0 Å². The summed E-state index contributed by atoms with van der Waals surface area (Å²) in [6, 6.07) is 15.9. The fourth-order valence-electron chi connectivity index (χ4n) is 6.89. The maximum absolute atomic E-state index is 14.3. The highest BCUT2D eigenvalue weighted by molar-refractivity contribution is 7.90. The zero-order valence-electron chi connectivity index (χ0n) is 35.0. The molecule has 4 heterocycles. The zero-order valence-corrected chi connectivity index (χ0v) is 36.7. The molecule has 1 amide bonds. The van der Waals surface area contributed by atoms with Gasteiger partial charge in [-0.15, -0.1) is 0 Å². The molecule has 4 N–H and O–H groups in total. The molecule has 2 aliphatic rings. The second-order valence-electron chi connectivity index (χ2n) is 15.9. The Morgan fingerprint density at radius 1 is 0.698 bits per heavy atom. The van der Waals surface area contributed by atoms with Crippen LogP contribution in [0.5, 0.6) is 0 Å². The molecule has 332 valence electrons. The van der Waals surface area contributed by atoms with Crippen molar-refractivity contribution in [3.63, 3.8) is 0 Å². The highest BCUT2D eigenvalue weighted by Gasteiger charge is 2.29. The third-order valence-electron chi connectivity index (χ3n) is 10.2. The molecule has 0 saturated heterocycles. The van der Waals surface area contributed by atoms with E-state index in [9.17, 15) is 35.2 Å². The number of nitrogens with two attached hydrogens (primary N) is 1. The van der Waals surface area contributed by atoms with Gasteiger partial charge in [0.2, 0.25) is 5.91 Å². The number of aromatic nitrogens is 6. The predicted octanol–water partition coefficient (Wildman–Crippen LogP) is 7.09. The van der Waals surface area contributed by atoms with Gasteiger partial charge in [-0.25, -0.2) is 27.1 Å². The van der Waals surface area contributed by atoms with Crippen LogP contribution in [0.15, 0.2) is 108 Å². The molecule has 2 aromatic carbocycles. The van der Waals surface area contributed by atoms with Crippen LogP contribution in [0, 0.1) is 11.6 Å². The first kappa shape index (κ1) is 46.3. The molecule has 15 nitrogen and oxygen atoms in total. The van der Waals surface area contributed by atoms with Gasteiger partial charge in [0, 0.05) is 37.2 Å². The molecule has 0 spiro atoms. The Bertz CT molecular complexity index is 2810. The van der Waals surface area contributed by atoms with E-state index < -0.39 is 37.7 Å². The summed E-state index contributed by atoms with van der Waals surface area (Å²) in [4.78, 5) is 31.8. The van der Waals surface area contributed by atoms with Crippen molar-refractivity contribution < 1.29 is 40.3 Å². The van der Waals surface area contributed by atoms with Crippen molar-refractivity contribution >= 4 is 31.9 Å². The van der Waals surface area contributed by atoms with Gasteiger partial charge in [0.05, 0.1) is 24.9 Å². The van der Waals surface area contributed by atoms with E-state index in [4.69, 9.17) is 10.2 Å². The number of amides is 1. The number of hydrogen-bond acceptors (Lipinski definition) is 10. The summed E-state index contributed by atoms with van der Waals surface area (Å²) >= 11 is 0. The second-order valence-corrected chi connectivity index (χ2v) is 19.0. The standard InChI is InChI=1S/C22H23FN4O3S.C16H16FNO2.C6H9N3O2S/c1-14(2)18-11-16(23)12-19(15-5-8-24-9-6-15)20(18)13-21(28)26-31(29,30)22-7-10-27(25-22)17-3-4-17;1-10(2)13-7-12(17)8-14(15(13)9-16(19)20)11-3-5-18-6-4-11;7-12(10,11)6-3-4-9(8-6)5-1-2-5/h5-12,14,17H,3-4,13H2,1-2H3,(H,26,28);3-8,10H,9H2,1-2H3,(H,19,20);3-5H,1-2H2,(H2,7,10,11). The van der Waals surface area contributed by atoms with Crippen molar-refractivity contribution in [2.75, 3.05) is 0 Å². The number of aliphatic carboxylic acids is 1. The number of primary sulfonamides is 1. The number of benzene rings is 2. The number of carboxylic acids is 1. The largest absolute Gasteiger partial charge is 0.481 e. The molecule has 2 saturated carbocycles. The van der Waals surface area contributed by atoms with E-state index in [0.29, 0.717) is 39.4 Å². The van der Waals surface area contributed by atoms with Crippen LogP contribution in [-0.2, 0) is 42.5 Å². The van der Waals surface area contributed by atoms with Gasteiger partial charge in [-0.05, 0) is 143 Å². The quantitative estimate of drug-likeness (QED) is 0.106. The first-order valence-electron chi connectivity index (χ1n) is 20.2. The normalized spacial score (nSPS) is 13.8. The topological polar surface area (TPSA) is 222 Å². The Morgan fingerprint density at radius 2 is 1.11 bits per heavy atom. The molecule has 0 bridgehead atoms. The minimum Gasteiger partial charge on any atom is -0.481 e. The Balaban J connectivity index is 0.000000175. The van der Waals surface area contributed by atoms with E-state index in [1.165, 1.54) is 36.4 Å².